The molecule has 0 radical (unpaired) electrons. The van der Waals surface area contributed by atoms with Gasteiger partial charge in [-0.2, -0.15) is 0 Å². The van der Waals surface area contributed by atoms with Gasteiger partial charge in [-0.05, 0) is 37.0 Å². The highest BCUT2D eigenvalue weighted by Gasteiger charge is 2.62. The Labute approximate surface area is 175 Å². The van der Waals surface area contributed by atoms with Gasteiger partial charge in [0, 0.05) is 11.8 Å². The van der Waals surface area contributed by atoms with Crippen molar-refractivity contribution >= 4 is 5.97 Å². The second-order valence-electron chi connectivity index (χ2n) is 10.6. The van der Waals surface area contributed by atoms with Crippen molar-refractivity contribution < 1.29 is 9.53 Å². The fraction of sp³-hybridized carbons (Fsp3) is 0.962. The fourth-order valence-electron chi connectivity index (χ4n) is 5.81. The van der Waals surface area contributed by atoms with Crippen LogP contribution in [0.25, 0.3) is 0 Å². The standard InChI is InChI=1S/C26H48O2/c1-5-6-7-8-9-10-11-12-13-14-15-16-17-18-24(27)28-23-21-22-19-20-26(23,4)25(22,2)3/h22-23H,5-21H2,1-4H3. The number of ether oxygens (including phenoxy) is 1. The van der Waals surface area contributed by atoms with Crippen LogP contribution in [-0.4, -0.2) is 12.1 Å². The van der Waals surface area contributed by atoms with Crippen LogP contribution in [0.15, 0.2) is 0 Å². The summed E-state index contributed by atoms with van der Waals surface area (Å²) in [6.45, 7) is 9.39. The van der Waals surface area contributed by atoms with Crippen LogP contribution in [0.5, 0.6) is 0 Å². The first kappa shape index (κ1) is 23.7. The highest BCUT2D eigenvalue weighted by atomic mass is 16.5. The van der Waals surface area contributed by atoms with Crippen molar-refractivity contribution in [3.05, 3.63) is 0 Å². The average molecular weight is 393 g/mol. The van der Waals surface area contributed by atoms with Crippen molar-refractivity contribution in [2.45, 2.75) is 143 Å². The van der Waals surface area contributed by atoms with E-state index < -0.39 is 0 Å². The normalized spacial score (nSPS) is 28.0. The van der Waals surface area contributed by atoms with E-state index in [1.165, 1.54) is 89.9 Å². The van der Waals surface area contributed by atoms with Crippen LogP contribution in [0, 0.1) is 16.7 Å². The van der Waals surface area contributed by atoms with Gasteiger partial charge in [0.1, 0.15) is 6.10 Å². The lowest BCUT2D eigenvalue weighted by Gasteiger charge is -2.38. The van der Waals surface area contributed by atoms with Crippen LogP contribution in [0.3, 0.4) is 0 Å². The van der Waals surface area contributed by atoms with E-state index in [0.717, 1.165) is 18.8 Å². The summed E-state index contributed by atoms with van der Waals surface area (Å²) >= 11 is 0. The Bertz CT molecular complexity index is 455. The van der Waals surface area contributed by atoms with Crippen molar-refractivity contribution in [1.82, 2.24) is 0 Å². The zero-order valence-electron chi connectivity index (χ0n) is 19.5. The van der Waals surface area contributed by atoms with Gasteiger partial charge in [0.05, 0.1) is 0 Å². The molecule has 0 N–H and O–H groups in total. The summed E-state index contributed by atoms with van der Waals surface area (Å²) in [5, 5.41) is 0. The maximum absolute atomic E-state index is 12.3. The zero-order chi connectivity index (χ0) is 20.5. The molecule has 0 heterocycles. The van der Waals surface area contributed by atoms with Gasteiger partial charge in [-0.1, -0.05) is 105 Å². The van der Waals surface area contributed by atoms with E-state index in [1.807, 2.05) is 0 Å². The topological polar surface area (TPSA) is 26.3 Å². The number of fused-ring (bicyclic) bond motifs is 2. The van der Waals surface area contributed by atoms with Gasteiger partial charge in [0.15, 0.2) is 0 Å². The zero-order valence-corrected chi connectivity index (χ0v) is 19.5. The molecule has 0 saturated heterocycles. The van der Waals surface area contributed by atoms with Crippen LogP contribution in [0.2, 0.25) is 0 Å². The maximum Gasteiger partial charge on any atom is 0.306 e. The molecule has 2 heteroatoms. The Morgan fingerprint density at radius 2 is 1.32 bits per heavy atom. The third kappa shape index (κ3) is 6.23. The lowest BCUT2D eigenvalue weighted by Crippen LogP contribution is -2.38. The molecular weight excluding hydrogens is 344 g/mol. The van der Waals surface area contributed by atoms with Gasteiger partial charge in [-0.25, -0.2) is 0 Å². The second-order valence-corrected chi connectivity index (χ2v) is 10.6. The number of hydrogen-bond donors (Lipinski definition) is 0. The summed E-state index contributed by atoms with van der Waals surface area (Å²) in [4.78, 5) is 12.3. The SMILES string of the molecule is CCCCCCCCCCCCCCCC(=O)OC1CC2CCC1(C)C2(C)C. The Kier molecular flexibility index (Phi) is 9.84. The number of hydrogen-bond acceptors (Lipinski definition) is 2. The summed E-state index contributed by atoms with van der Waals surface area (Å²) in [7, 11) is 0. The Balaban J connectivity index is 1.42. The molecule has 2 fully saturated rings. The van der Waals surface area contributed by atoms with Crippen LogP contribution in [0.4, 0.5) is 0 Å². The monoisotopic (exact) mass is 392 g/mol. The van der Waals surface area contributed by atoms with Gasteiger partial charge in [0.2, 0.25) is 0 Å². The second kappa shape index (κ2) is 11.6. The first-order valence-corrected chi connectivity index (χ1v) is 12.6. The van der Waals surface area contributed by atoms with Gasteiger partial charge >= 0.3 is 5.97 Å². The van der Waals surface area contributed by atoms with E-state index in [0.29, 0.717) is 11.8 Å². The third-order valence-corrected chi connectivity index (χ3v) is 8.47. The molecule has 0 spiro atoms. The molecule has 0 aromatic heterocycles. The maximum atomic E-state index is 12.3. The van der Waals surface area contributed by atoms with Gasteiger partial charge in [-0.15, -0.1) is 0 Å². The van der Waals surface area contributed by atoms with Gasteiger partial charge in [0.25, 0.3) is 0 Å². The van der Waals surface area contributed by atoms with Crippen LogP contribution >= 0.6 is 0 Å². The average Bonchev–Trinajstić information content (AvgIpc) is 2.99. The lowest BCUT2D eigenvalue weighted by molar-refractivity contribution is -0.157. The van der Waals surface area contributed by atoms with Crippen molar-refractivity contribution in [1.29, 1.82) is 0 Å². The number of esters is 1. The molecule has 2 saturated carbocycles. The van der Waals surface area contributed by atoms with Gasteiger partial charge < -0.3 is 4.74 Å². The number of rotatable bonds is 15. The Morgan fingerprint density at radius 1 is 0.821 bits per heavy atom. The first-order valence-electron chi connectivity index (χ1n) is 12.6. The summed E-state index contributed by atoms with van der Waals surface area (Å²) in [5.41, 5.74) is 0.525. The molecule has 0 aromatic rings. The predicted octanol–water partition coefficient (Wildman–Crippen LogP) is 8.23. The molecule has 3 unspecified atom stereocenters. The van der Waals surface area contributed by atoms with E-state index in [4.69, 9.17) is 4.74 Å². The van der Waals surface area contributed by atoms with Crippen molar-refractivity contribution in [3.8, 4) is 0 Å². The predicted molar refractivity (Wildman–Crippen MR) is 119 cm³/mol. The lowest BCUT2D eigenvalue weighted by atomic mass is 9.70. The Morgan fingerprint density at radius 3 is 1.75 bits per heavy atom. The molecule has 2 nitrogen and oxygen atoms in total. The summed E-state index contributed by atoms with van der Waals surface area (Å²) in [5.74, 6) is 0.796. The molecule has 28 heavy (non-hydrogen) atoms. The summed E-state index contributed by atoms with van der Waals surface area (Å²) in [6.07, 6.45) is 21.9. The number of carbonyl (C=O) groups excluding carboxylic acids is 1. The smallest absolute Gasteiger partial charge is 0.306 e. The quantitative estimate of drug-likeness (QED) is 0.207. The van der Waals surface area contributed by atoms with Crippen LogP contribution < -0.4 is 0 Å². The number of carbonyl (C=O) groups is 1. The van der Waals surface area contributed by atoms with E-state index in [1.54, 1.807) is 0 Å². The van der Waals surface area contributed by atoms with Crippen LogP contribution in [-0.2, 0) is 9.53 Å². The van der Waals surface area contributed by atoms with E-state index in [9.17, 15) is 4.79 Å². The Hall–Kier alpha value is -0.530. The largest absolute Gasteiger partial charge is 0.462 e. The molecule has 2 bridgehead atoms. The summed E-state index contributed by atoms with van der Waals surface area (Å²) < 4.78 is 5.95. The first-order chi connectivity index (χ1) is 13.4. The van der Waals surface area contributed by atoms with E-state index in [2.05, 4.69) is 27.7 Å². The minimum Gasteiger partial charge on any atom is -0.462 e. The molecule has 2 aliphatic rings. The fourth-order valence-corrected chi connectivity index (χ4v) is 5.81. The minimum absolute atomic E-state index is 0.0534. The third-order valence-electron chi connectivity index (χ3n) is 8.47. The molecule has 2 rings (SSSR count). The number of unbranched alkanes of at least 4 members (excludes halogenated alkanes) is 12. The van der Waals surface area contributed by atoms with Crippen molar-refractivity contribution in [2.24, 2.45) is 16.7 Å². The summed E-state index contributed by atoms with van der Waals surface area (Å²) in [6, 6.07) is 0. The van der Waals surface area contributed by atoms with Crippen molar-refractivity contribution in [2.75, 3.05) is 0 Å². The molecular formula is C26H48O2. The molecule has 164 valence electrons. The van der Waals surface area contributed by atoms with Crippen molar-refractivity contribution in [3.63, 3.8) is 0 Å². The van der Waals surface area contributed by atoms with Gasteiger partial charge in [-0.3, -0.25) is 4.79 Å². The molecule has 0 aromatic carbocycles. The molecule has 2 aliphatic carbocycles. The molecule has 3 atom stereocenters. The molecule has 0 aliphatic heterocycles. The van der Waals surface area contributed by atoms with Crippen LogP contribution in [0.1, 0.15) is 137 Å². The van der Waals surface area contributed by atoms with E-state index in [-0.39, 0.29) is 17.5 Å². The highest BCUT2D eigenvalue weighted by molar-refractivity contribution is 5.69. The highest BCUT2D eigenvalue weighted by Crippen LogP contribution is 2.66. The molecule has 0 amide bonds. The van der Waals surface area contributed by atoms with E-state index >= 15 is 0 Å². The minimum atomic E-state index is 0.0534.